The Morgan fingerprint density at radius 2 is 0.786 bits per heavy atom. The van der Waals surface area contributed by atoms with Gasteiger partial charge in [0, 0.05) is 57.2 Å². The fraction of sp³-hybridized carbons (Fsp3) is 0.829. The number of imidazole rings is 1. The van der Waals surface area contributed by atoms with Gasteiger partial charge in [-0.25, -0.2) is 9.97 Å². The van der Waals surface area contributed by atoms with Crippen molar-refractivity contribution in [3.05, 3.63) is 30.1 Å². The van der Waals surface area contributed by atoms with E-state index in [0.717, 1.165) is 190 Å². The number of carbonyl (C=O) groups excluding carboxylic acids is 4. The standard InChI is InChI=1S/C82H148N8O8/c1-8-12-15-18-27-36-50-67-95-75(91)55-40-30-21-24-33-46-59-88(60-47-34-25-22-31-41-56-76(92)96-68-51-37-28-19-16-13-9-2)65-63-87(7)64-66-89(61-48-35-26-23-32-42-57-77(93)97-69-52-38-29-20-17-14-10-3)62-49-39-43-58-78(94)98-82(5,6)71-90-74(70-84-11-4)86-79-80(90)72-53-44-45-54-73(72)85-81(79)83/h44-45,53-54,84H,8-43,46-52,55-71H2,1-7H3,(H2,83,85). The van der Waals surface area contributed by atoms with Gasteiger partial charge in [-0.2, -0.15) is 0 Å². The van der Waals surface area contributed by atoms with E-state index in [1.54, 1.807) is 0 Å². The van der Waals surface area contributed by atoms with E-state index in [2.05, 4.69) is 70.4 Å². The van der Waals surface area contributed by atoms with E-state index in [1.165, 1.54) is 161 Å². The molecular weight excluding hydrogens is 1220 g/mol. The van der Waals surface area contributed by atoms with Gasteiger partial charge < -0.3 is 49.3 Å². The quantitative estimate of drug-likeness (QED) is 0.0309. The second kappa shape index (κ2) is 59.2. The van der Waals surface area contributed by atoms with Gasteiger partial charge in [0.2, 0.25) is 0 Å². The molecule has 98 heavy (non-hydrogen) atoms. The summed E-state index contributed by atoms with van der Waals surface area (Å²) in [7, 11) is 2.29. The maximum absolute atomic E-state index is 13.6. The lowest BCUT2D eigenvalue weighted by molar-refractivity contribution is -0.158. The highest BCUT2D eigenvalue weighted by atomic mass is 16.6. The lowest BCUT2D eigenvalue weighted by Gasteiger charge is -2.28. The van der Waals surface area contributed by atoms with Gasteiger partial charge in [-0.15, -0.1) is 0 Å². The average Bonchev–Trinajstić information content (AvgIpc) is 1.58. The predicted octanol–water partition coefficient (Wildman–Crippen LogP) is 19.8. The third-order valence-corrected chi connectivity index (χ3v) is 19.5. The predicted molar refractivity (Wildman–Crippen MR) is 410 cm³/mol. The molecule has 1 aromatic carbocycles. The van der Waals surface area contributed by atoms with Crippen LogP contribution in [0.4, 0.5) is 5.82 Å². The smallest absolute Gasteiger partial charge is 0.306 e. The van der Waals surface area contributed by atoms with Gasteiger partial charge in [0.1, 0.15) is 16.9 Å². The Hall–Kier alpha value is -4.38. The SMILES string of the molecule is CCCCCCCCCOC(=O)CCCCCCCCN(CCCCCCCCC(=O)OCCCCCCCCC)CCN(C)CCN(CCCCCCCCC(=O)OCCCCCCCCC)CCCCCC(=O)OC(C)(C)Cn1c(CNCC)nc2c(N)nc3ccccc3c21. The number of hydrogen-bond donors (Lipinski definition) is 2. The Balaban J connectivity index is 1.51. The van der Waals surface area contributed by atoms with E-state index < -0.39 is 5.60 Å². The fourth-order valence-electron chi connectivity index (χ4n) is 13.3. The van der Waals surface area contributed by atoms with Crippen LogP contribution in [0.15, 0.2) is 24.3 Å². The van der Waals surface area contributed by atoms with Crippen LogP contribution in [0.5, 0.6) is 0 Å². The molecule has 0 atom stereocenters. The van der Waals surface area contributed by atoms with Crippen molar-refractivity contribution in [3.63, 3.8) is 0 Å². The number of ether oxygens (including phenoxy) is 4. The fourth-order valence-corrected chi connectivity index (χ4v) is 13.3. The third kappa shape index (κ3) is 44.8. The molecule has 2 heterocycles. The Labute approximate surface area is 598 Å². The van der Waals surface area contributed by atoms with E-state index >= 15 is 0 Å². The van der Waals surface area contributed by atoms with Crippen molar-refractivity contribution >= 4 is 51.6 Å². The highest BCUT2D eigenvalue weighted by Gasteiger charge is 2.28. The minimum atomic E-state index is -0.789. The summed E-state index contributed by atoms with van der Waals surface area (Å²) >= 11 is 0. The number of nitrogens with one attached hydrogen (secondary N) is 1. The number of nitrogens with zero attached hydrogens (tertiary/aromatic N) is 6. The van der Waals surface area contributed by atoms with Gasteiger partial charge in [-0.1, -0.05) is 245 Å². The van der Waals surface area contributed by atoms with Crippen molar-refractivity contribution in [1.29, 1.82) is 0 Å². The van der Waals surface area contributed by atoms with Crippen molar-refractivity contribution in [3.8, 4) is 0 Å². The largest absolute Gasteiger partial charge is 0.466 e. The van der Waals surface area contributed by atoms with Crippen LogP contribution in [0.3, 0.4) is 0 Å². The molecular formula is C82H148N8O8. The van der Waals surface area contributed by atoms with Crippen molar-refractivity contribution in [1.82, 2.24) is 34.6 Å². The first-order valence-corrected chi connectivity index (χ1v) is 40.9. The number of para-hydroxylation sites is 1. The molecule has 0 aliphatic carbocycles. The minimum Gasteiger partial charge on any atom is -0.466 e. The van der Waals surface area contributed by atoms with Crippen LogP contribution >= 0.6 is 0 Å². The van der Waals surface area contributed by atoms with Crippen molar-refractivity contribution < 1.29 is 38.1 Å². The second-order valence-corrected chi connectivity index (χ2v) is 29.3. The number of pyridine rings is 1. The molecule has 0 saturated heterocycles. The van der Waals surface area contributed by atoms with Crippen molar-refractivity contribution in [2.24, 2.45) is 0 Å². The molecule has 0 fully saturated rings. The maximum Gasteiger partial charge on any atom is 0.306 e. The maximum atomic E-state index is 13.6. The van der Waals surface area contributed by atoms with Crippen molar-refractivity contribution in [2.45, 2.75) is 356 Å². The number of carbonyl (C=O) groups is 4. The normalized spacial score (nSPS) is 11.9. The highest BCUT2D eigenvalue weighted by Crippen LogP contribution is 2.31. The molecule has 0 unspecified atom stereocenters. The molecule has 0 radical (unpaired) electrons. The molecule has 0 aliphatic heterocycles. The molecule has 0 spiro atoms. The lowest BCUT2D eigenvalue weighted by Crippen LogP contribution is -2.39. The number of anilines is 1. The Morgan fingerprint density at radius 1 is 0.439 bits per heavy atom. The number of aromatic nitrogens is 3. The minimum absolute atomic E-state index is 0.0273. The Morgan fingerprint density at radius 3 is 1.18 bits per heavy atom. The number of fused-ring (bicyclic) bond motifs is 3. The topological polar surface area (TPSA) is 184 Å². The summed E-state index contributed by atoms with van der Waals surface area (Å²) in [6.45, 7) is 24.7. The van der Waals surface area contributed by atoms with Crippen LogP contribution in [0.2, 0.25) is 0 Å². The van der Waals surface area contributed by atoms with Gasteiger partial charge in [0.25, 0.3) is 0 Å². The molecule has 3 aromatic rings. The van der Waals surface area contributed by atoms with Gasteiger partial charge in [-0.05, 0) is 130 Å². The first kappa shape index (κ1) is 87.8. The zero-order chi connectivity index (χ0) is 70.8. The number of benzene rings is 1. The van der Waals surface area contributed by atoms with Gasteiger partial charge >= 0.3 is 23.9 Å². The summed E-state index contributed by atoms with van der Waals surface area (Å²) in [4.78, 5) is 68.3. The Bertz CT molecular complexity index is 2400. The first-order valence-electron chi connectivity index (χ1n) is 40.9. The summed E-state index contributed by atoms with van der Waals surface area (Å²) in [5.41, 5.74) is 8.10. The lowest BCUT2D eigenvalue weighted by atomic mass is 10.1. The number of rotatable bonds is 69. The number of likely N-dealkylation sites (N-methyl/N-ethyl adjacent to an activating group) is 1. The molecule has 0 bridgehead atoms. The highest BCUT2D eigenvalue weighted by molar-refractivity contribution is 6.06. The molecule has 2 aromatic heterocycles. The van der Waals surface area contributed by atoms with Crippen LogP contribution in [-0.4, -0.2) is 144 Å². The average molecular weight is 1370 g/mol. The van der Waals surface area contributed by atoms with Gasteiger partial charge in [0.15, 0.2) is 5.82 Å². The van der Waals surface area contributed by atoms with Gasteiger partial charge in [0.05, 0.1) is 43.9 Å². The van der Waals surface area contributed by atoms with Crippen LogP contribution in [0.1, 0.15) is 343 Å². The van der Waals surface area contributed by atoms with E-state index in [-0.39, 0.29) is 23.9 Å². The number of esters is 4. The van der Waals surface area contributed by atoms with E-state index in [1.807, 2.05) is 32.0 Å². The summed E-state index contributed by atoms with van der Waals surface area (Å²) in [5, 5.41) is 4.40. The number of nitrogen functional groups attached to an aromatic ring is 1. The van der Waals surface area contributed by atoms with E-state index in [9.17, 15) is 19.2 Å². The molecule has 16 nitrogen and oxygen atoms in total. The number of hydrogen-bond acceptors (Lipinski definition) is 15. The molecule has 0 aliphatic rings. The molecule has 564 valence electrons. The van der Waals surface area contributed by atoms with E-state index in [0.29, 0.717) is 69.9 Å². The summed E-state index contributed by atoms with van der Waals surface area (Å²) in [6.07, 6.45) is 50.6. The Kier molecular flexibility index (Phi) is 53.0. The second-order valence-electron chi connectivity index (χ2n) is 29.3. The molecule has 3 N–H and O–H groups in total. The van der Waals surface area contributed by atoms with Crippen LogP contribution in [0, 0.1) is 0 Å². The van der Waals surface area contributed by atoms with Crippen LogP contribution in [-0.2, 0) is 51.2 Å². The van der Waals surface area contributed by atoms with Gasteiger partial charge in [-0.3, -0.25) is 19.2 Å². The number of unbranched alkanes of at least 4 members (excludes halogenated alkanes) is 35. The summed E-state index contributed by atoms with van der Waals surface area (Å²) < 4.78 is 25.1. The van der Waals surface area contributed by atoms with E-state index in [4.69, 9.17) is 29.7 Å². The van der Waals surface area contributed by atoms with Crippen LogP contribution < -0.4 is 11.1 Å². The summed E-state index contributed by atoms with van der Waals surface area (Å²) in [5.74, 6) is 0.964. The zero-order valence-electron chi connectivity index (χ0n) is 64.3. The molecule has 0 saturated carbocycles. The molecule has 0 amide bonds. The number of nitrogens with two attached hydrogens (primary N) is 1. The third-order valence-electron chi connectivity index (χ3n) is 19.5. The van der Waals surface area contributed by atoms with Crippen LogP contribution in [0.25, 0.3) is 21.9 Å². The summed E-state index contributed by atoms with van der Waals surface area (Å²) in [6, 6.07) is 8.00. The van der Waals surface area contributed by atoms with Crippen molar-refractivity contribution in [2.75, 3.05) is 91.5 Å². The molecule has 3 rings (SSSR count). The molecule has 16 heteroatoms. The first-order chi connectivity index (χ1) is 47.8. The zero-order valence-corrected chi connectivity index (χ0v) is 64.3. The monoisotopic (exact) mass is 1370 g/mol.